The fourth-order valence-electron chi connectivity index (χ4n) is 3.58. The third-order valence-corrected chi connectivity index (χ3v) is 5.27. The van der Waals surface area contributed by atoms with Gasteiger partial charge in [-0.2, -0.15) is 0 Å². The average Bonchev–Trinajstić information content (AvgIpc) is 3.01. The Labute approximate surface area is 162 Å². The molecule has 1 saturated carbocycles. The number of hydrogen-bond acceptors (Lipinski definition) is 5. The quantitative estimate of drug-likeness (QED) is 0.275. The molecule has 5 nitrogen and oxygen atoms in total. The van der Waals surface area contributed by atoms with Crippen molar-refractivity contribution in [2.24, 2.45) is 17.8 Å². The van der Waals surface area contributed by atoms with Crippen LogP contribution in [0.15, 0.2) is 24.3 Å². The topological polar surface area (TPSA) is 91.7 Å². The summed E-state index contributed by atoms with van der Waals surface area (Å²) in [5.74, 6) is -0.0155. The van der Waals surface area contributed by atoms with Crippen LogP contribution in [0.25, 0.3) is 0 Å². The van der Waals surface area contributed by atoms with E-state index in [2.05, 4.69) is 0 Å². The van der Waals surface area contributed by atoms with E-state index in [9.17, 15) is 19.5 Å². The minimum Gasteiger partial charge on any atom is -0.392 e. The Morgan fingerprint density at radius 3 is 2.74 bits per heavy atom. The molecule has 2 N–H and O–H groups in total. The van der Waals surface area contributed by atoms with Gasteiger partial charge in [-0.25, -0.2) is 0 Å². The number of aldehydes is 1. The lowest BCUT2D eigenvalue weighted by Gasteiger charge is -2.16. The Balaban J connectivity index is 2.42. The molecule has 0 amide bonds. The van der Waals surface area contributed by atoms with Crippen molar-refractivity contribution in [2.75, 3.05) is 6.61 Å². The average molecular weight is 379 g/mol. The summed E-state index contributed by atoms with van der Waals surface area (Å²) in [4.78, 5) is 34.2. The second-order valence-electron chi connectivity index (χ2n) is 7.39. The van der Waals surface area contributed by atoms with Crippen molar-refractivity contribution in [3.8, 4) is 0 Å². The SMILES string of the molecule is CCCC(C=O)C(O)CC=C[C@H]1CCC(=O)[C@@H]1CC=CCCCC(=O)CO. The molecule has 1 aliphatic carbocycles. The maximum atomic E-state index is 12.1. The van der Waals surface area contributed by atoms with Crippen molar-refractivity contribution < 1.29 is 24.6 Å². The van der Waals surface area contributed by atoms with Crippen molar-refractivity contribution in [1.82, 2.24) is 0 Å². The maximum Gasteiger partial charge on any atom is 0.158 e. The van der Waals surface area contributed by atoms with E-state index in [1.54, 1.807) is 0 Å². The van der Waals surface area contributed by atoms with Gasteiger partial charge in [-0.1, -0.05) is 37.6 Å². The minimum atomic E-state index is -0.657. The zero-order valence-corrected chi connectivity index (χ0v) is 16.4. The van der Waals surface area contributed by atoms with E-state index < -0.39 is 12.7 Å². The Bertz CT molecular complexity index is 523. The molecule has 4 atom stereocenters. The van der Waals surface area contributed by atoms with Crippen LogP contribution < -0.4 is 0 Å². The normalized spacial score (nSPS) is 22.6. The summed E-state index contributed by atoms with van der Waals surface area (Å²) in [7, 11) is 0. The van der Waals surface area contributed by atoms with Crippen molar-refractivity contribution >= 4 is 17.9 Å². The molecule has 0 aromatic heterocycles. The monoisotopic (exact) mass is 378 g/mol. The summed E-state index contributed by atoms with van der Waals surface area (Å²) in [6.45, 7) is 1.60. The molecule has 0 spiro atoms. The van der Waals surface area contributed by atoms with Crippen LogP contribution in [0.3, 0.4) is 0 Å². The number of carbonyl (C=O) groups excluding carboxylic acids is 3. The first kappa shape index (κ1) is 23.4. The van der Waals surface area contributed by atoms with E-state index in [1.165, 1.54) is 0 Å². The first-order chi connectivity index (χ1) is 13.0. The van der Waals surface area contributed by atoms with Gasteiger partial charge in [0.15, 0.2) is 5.78 Å². The molecule has 27 heavy (non-hydrogen) atoms. The lowest BCUT2D eigenvalue weighted by atomic mass is 9.90. The third-order valence-electron chi connectivity index (χ3n) is 5.27. The largest absolute Gasteiger partial charge is 0.392 e. The van der Waals surface area contributed by atoms with E-state index >= 15 is 0 Å². The number of aliphatic hydroxyl groups excluding tert-OH is 2. The highest BCUT2D eigenvalue weighted by molar-refractivity contribution is 5.83. The number of Topliss-reactive ketones (excluding diaryl/α,β-unsaturated/α-hetero) is 2. The smallest absolute Gasteiger partial charge is 0.158 e. The first-order valence-electron chi connectivity index (χ1n) is 10.1. The van der Waals surface area contributed by atoms with E-state index in [0.717, 1.165) is 25.5 Å². The number of allylic oxidation sites excluding steroid dienone is 3. The second kappa shape index (κ2) is 13.6. The molecule has 0 radical (unpaired) electrons. The molecule has 0 heterocycles. The van der Waals surface area contributed by atoms with E-state index in [0.29, 0.717) is 38.5 Å². The fourth-order valence-corrected chi connectivity index (χ4v) is 3.58. The van der Waals surface area contributed by atoms with Crippen LogP contribution >= 0.6 is 0 Å². The van der Waals surface area contributed by atoms with Gasteiger partial charge >= 0.3 is 0 Å². The standard InChI is InChI=1S/C22H34O5/c1-2-8-18(15-23)21(26)12-7-9-17-13-14-22(27)20(17)11-6-4-3-5-10-19(25)16-24/h4,6-7,9,15,17-18,20-21,24,26H,2-3,5,8,10-14,16H2,1H3/t17-,18?,20+,21?/m0/s1. The number of unbranched alkanes of at least 4 members (excludes halogenated alkanes) is 1. The molecular weight excluding hydrogens is 344 g/mol. The van der Waals surface area contributed by atoms with Crippen molar-refractivity contribution in [2.45, 2.75) is 70.8 Å². The minimum absolute atomic E-state index is 0.0220. The van der Waals surface area contributed by atoms with Crippen LogP contribution in [0, 0.1) is 17.8 Å². The summed E-state index contributed by atoms with van der Waals surface area (Å²) < 4.78 is 0. The van der Waals surface area contributed by atoms with Crippen LogP contribution in [0.4, 0.5) is 0 Å². The van der Waals surface area contributed by atoms with Crippen molar-refractivity contribution in [3.05, 3.63) is 24.3 Å². The fraction of sp³-hybridized carbons (Fsp3) is 0.682. The molecule has 2 unspecified atom stereocenters. The molecule has 0 aromatic rings. The first-order valence-corrected chi connectivity index (χ1v) is 10.1. The second-order valence-corrected chi connectivity index (χ2v) is 7.39. The van der Waals surface area contributed by atoms with Gasteiger partial charge in [-0.3, -0.25) is 9.59 Å². The van der Waals surface area contributed by atoms with Crippen LogP contribution in [-0.2, 0) is 14.4 Å². The molecular formula is C22H34O5. The molecule has 0 bridgehead atoms. The van der Waals surface area contributed by atoms with Crippen LogP contribution in [0.5, 0.6) is 0 Å². The van der Waals surface area contributed by atoms with Gasteiger partial charge in [0, 0.05) is 24.7 Å². The van der Waals surface area contributed by atoms with E-state index in [-0.39, 0.29) is 29.3 Å². The van der Waals surface area contributed by atoms with Crippen molar-refractivity contribution in [1.29, 1.82) is 0 Å². The predicted molar refractivity (Wildman–Crippen MR) is 105 cm³/mol. The lowest BCUT2D eigenvalue weighted by molar-refractivity contribution is -0.122. The third kappa shape index (κ3) is 8.76. The van der Waals surface area contributed by atoms with Gasteiger partial charge in [0.05, 0.1) is 6.10 Å². The highest BCUT2D eigenvalue weighted by Crippen LogP contribution is 2.33. The molecule has 0 aromatic carbocycles. The van der Waals surface area contributed by atoms with Crippen LogP contribution in [0.1, 0.15) is 64.7 Å². The number of hydrogen-bond donors (Lipinski definition) is 2. The molecule has 0 aliphatic heterocycles. The lowest BCUT2D eigenvalue weighted by Crippen LogP contribution is -2.21. The van der Waals surface area contributed by atoms with Gasteiger partial charge in [0.2, 0.25) is 0 Å². The summed E-state index contributed by atoms with van der Waals surface area (Å²) in [6, 6.07) is 0. The van der Waals surface area contributed by atoms with E-state index in [4.69, 9.17) is 5.11 Å². The predicted octanol–water partition coefficient (Wildman–Crippen LogP) is 3.18. The van der Waals surface area contributed by atoms with E-state index in [1.807, 2.05) is 31.2 Å². The Hall–Kier alpha value is -1.59. The van der Waals surface area contributed by atoms with Crippen LogP contribution in [-0.4, -0.2) is 40.8 Å². The van der Waals surface area contributed by atoms with Gasteiger partial charge < -0.3 is 15.0 Å². The molecule has 1 rings (SSSR count). The van der Waals surface area contributed by atoms with Gasteiger partial charge in [-0.15, -0.1) is 0 Å². The molecule has 1 aliphatic rings. The summed E-state index contributed by atoms with van der Waals surface area (Å²) >= 11 is 0. The Kier molecular flexibility index (Phi) is 11.8. The number of aliphatic hydroxyl groups is 2. The number of ketones is 2. The number of carbonyl (C=O) groups is 3. The zero-order valence-electron chi connectivity index (χ0n) is 16.4. The maximum absolute atomic E-state index is 12.1. The van der Waals surface area contributed by atoms with Gasteiger partial charge in [-0.05, 0) is 44.4 Å². The number of rotatable bonds is 14. The van der Waals surface area contributed by atoms with Gasteiger partial charge in [0.1, 0.15) is 18.7 Å². The Morgan fingerprint density at radius 2 is 2.07 bits per heavy atom. The summed E-state index contributed by atoms with van der Waals surface area (Å²) in [5, 5.41) is 18.8. The highest BCUT2D eigenvalue weighted by atomic mass is 16.3. The molecule has 5 heteroatoms. The van der Waals surface area contributed by atoms with Gasteiger partial charge in [0.25, 0.3) is 0 Å². The Morgan fingerprint density at radius 1 is 1.30 bits per heavy atom. The van der Waals surface area contributed by atoms with Crippen molar-refractivity contribution in [3.63, 3.8) is 0 Å². The van der Waals surface area contributed by atoms with Crippen LogP contribution in [0.2, 0.25) is 0 Å². The summed E-state index contributed by atoms with van der Waals surface area (Å²) in [5.41, 5.74) is 0. The summed E-state index contributed by atoms with van der Waals surface area (Å²) in [6.07, 6.45) is 14.1. The zero-order chi connectivity index (χ0) is 20.1. The molecule has 152 valence electrons. The molecule has 1 fully saturated rings. The highest BCUT2D eigenvalue weighted by Gasteiger charge is 2.31. The molecule has 0 saturated heterocycles.